The second-order valence-electron chi connectivity index (χ2n) is 22.6. The Kier molecular flexibility index (Phi) is 19.2. The minimum atomic E-state index is -1.54. The Morgan fingerprint density at radius 3 is 1.99 bits per heavy atom. The molecule has 90 heavy (non-hydrogen) atoms. The number of methoxy groups -OCH3 is 2. The second-order valence-corrected chi connectivity index (χ2v) is 22.6. The molecule has 6 aromatic rings. The summed E-state index contributed by atoms with van der Waals surface area (Å²) in [5.74, 6) is -2.06. The average Bonchev–Trinajstić information content (AvgIpc) is 1.49. The molecule has 4 aliphatic rings. The van der Waals surface area contributed by atoms with Crippen LogP contribution in [0.4, 0.5) is 26.7 Å². The van der Waals surface area contributed by atoms with E-state index in [9.17, 15) is 43.8 Å². The summed E-state index contributed by atoms with van der Waals surface area (Å²) >= 11 is 0. The molecule has 0 saturated carbocycles. The van der Waals surface area contributed by atoms with Crippen LogP contribution in [0.25, 0.3) is 5.57 Å². The number of nitrogens with two attached hydrogens (primary N) is 2. The van der Waals surface area contributed by atoms with E-state index in [4.69, 9.17) is 30.4 Å². The zero-order chi connectivity index (χ0) is 63.7. The molecule has 22 nitrogen and oxygen atoms in total. The van der Waals surface area contributed by atoms with Gasteiger partial charge in [0.1, 0.15) is 48.2 Å². The molecule has 0 aliphatic carbocycles. The van der Waals surface area contributed by atoms with Crippen LogP contribution in [0.3, 0.4) is 0 Å². The Morgan fingerprint density at radius 2 is 1.37 bits per heavy atom. The number of primary amides is 1. The summed E-state index contributed by atoms with van der Waals surface area (Å²) in [5, 5.41) is 35.3. The summed E-state index contributed by atoms with van der Waals surface area (Å²) in [6.45, 7) is 2.24. The molecule has 468 valence electrons. The van der Waals surface area contributed by atoms with E-state index in [0.717, 1.165) is 33.4 Å². The smallest absolute Gasteiger partial charge is 0.411 e. The maximum Gasteiger partial charge on any atom is 0.411 e. The second kappa shape index (κ2) is 27.5. The van der Waals surface area contributed by atoms with Gasteiger partial charge in [-0.3, -0.25) is 39.1 Å². The topological polar surface area (TPSA) is 307 Å². The third-order valence-electron chi connectivity index (χ3n) is 17.1. The highest BCUT2D eigenvalue weighted by atomic mass is 16.6. The van der Waals surface area contributed by atoms with Crippen molar-refractivity contribution in [1.82, 2.24) is 25.8 Å². The fraction of sp³-hybridized carbons (Fsp3) is 0.309. The number of benzene rings is 6. The minimum Gasteiger partial charge on any atom is -0.505 e. The quantitative estimate of drug-likeness (QED) is 0.00364. The van der Waals surface area contributed by atoms with Gasteiger partial charge in [0.15, 0.2) is 5.72 Å². The van der Waals surface area contributed by atoms with Crippen LogP contribution in [-0.2, 0) is 56.7 Å². The Labute approximate surface area is 520 Å². The van der Waals surface area contributed by atoms with Crippen LogP contribution in [0.2, 0.25) is 0 Å². The molecule has 0 aromatic heterocycles. The SMILES string of the molecule is COc1ccc(C(NCCCCC(NC(=O)[C@H](Cc2ccccc2)NC(=O)CCCCCN2C(=O)C=CC2=O)C(=O)Nc2ccc(COC(=O)N3C4CN5c6c(O)c(C)c(N)c(O)c6C(=COC(N)=O)C5(OC)C43)cc2)(c2ccccc2)c2ccccc2)cc1. The number of carbonyl (C=O) groups excluding carboxylic acids is 7. The molecule has 0 spiro atoms. The Hall–Kier alpha value is -10.2. The molecule has 10 rings (SSSR count). The highest BCUT2D eigenvalue weighted by Crippen LogP contribution is 2.65. The van der Waals surface area contributed by atoms with Crippen molar-refractivity contribution in [3.05, 3.63) is 197 Å². The fourth-order valence-corrected chi connectivity index (χ4v) is 12.5. The van der Waals surface area contributed by atoms with Crippen molar-refractivity contribution in [2.24, 2.45) is 5.73 Å². The first-order valence-electron chi connectivity index (χ1n) is 29.9. The van der Waals surface area contributed by atoms with Gasteiger partial charge in [0.25, 0.3) is 11.8 Å². The van der Waals surface area contributed by atoms with Crippen LogP contribution < -0.4 is 42.4 Å². The largest absolute Gasteiger partial charge is 0.505 e. The molecule has 5 atom stereocenters. The van der Waals surface area contributed by atoms with E-state index in [0.29, 0.717) is 55.6 Å². The van der Waals surface area contributed by atoms with Crippen LogP contribution in [0.1, 0.15) is 83.9 Å². The molecule has 0 bridgehead atoms. The highest BCUT2D eigenvalue weighted by Gasteiger charge is 2.76. The maximum absolute atomic E-state index is 14.6. The van der Waals surface area contributed by atoms with Crippen molar-refractivity contribution in [2.75, 3.05) is 49.8 Å². The van der Waals surface area contributed by atoms with Crippen LogP contribution in [0, 0.1) is 6.92 Å². The summed E-state index contributed by atoms with van der Waals surface area (Å²) < 4.78 is 22.6. The first kappa shape index (κ1) is 62.8. The van der Waals surface area contributed by atoms with Crippen molar-refractivity contribution in [3.8, 4) is 17.2 Å². The zero-order valence-electron chi connectivity index (χ0n) is 50.2. The van der Waals surface area contributed by atoms with E-state index >= 15 is 0 Å². The van der Waals surface area contributed by atoms with Crippen molar-refractivity contribution in [1.29, 1.82) is 0 Å². The predicted octanol–water partition coefficient (Wildman–Crippen LogP) is 7.39. The number of unbranched alkanes of at least 4 members (excludes halogenated alkanes) is 3. The lowest BCUT2D eigenvalue weighted by Gasteiger charge is -2.37. The molecule has 2 fully saturated rings. The Morgan fingerprint density at radius 1 is 0.733 bits per heavy atom. The van der Waals surface area contributed by atoms with Crippen LogP contribution in [-0.4, -0.2) is 125 Å². The van der Waals surface area contributed by atoms with Gasteiger partial charge in [-0.2, -0.15) is 0 Å². The number of fused-ring (bicyclic) bond motifs is 5. The molecule has 4 unspecified atom stereocenters. The minimum absolute atomic E-state index is 0.0603. The van der Waals surface area contributed by atoms with Gasteiger partial charge in [-0.25, -0.2) is 9.59 Å². The van der Waals surface area contributed by atoms with Gasteiger partial charge in [-0.1, -0.05) is 122 Å². The van der Waals surface area contributed by atoms with Crippen molar-refractivity contribution in [3.63, 3.8) is 0 Å². The van der Waals surface area contributed by atoms with Crippen LogP contribution in [0.15, 0.2) is 158 Å². The Balaban J connectivity index is 0.828. The molecule has 7 amide bonds. The van der Waals surface area contributed by atoms with E-state index in [1.165, 1.54) is 24.2 Å². The number of rotatable bonds is 27. The number of aromatic hydroxyl groups is 2. The van der Waals surface area contributed by atoms with Gasteiger partial charge in [-0.05, 0) is 97.7 Å². The van der Waals surface area contributed by atoms with E-state index in [2.05, 4.69) is 45.5 Å². The summed E-state index contributed by atoms with van der Waals surface area (Å²) in [6, 6.07) is 40.8. The molecule has 22 heteroatoms. The van der Waals surface area contributed by atoms with E-state index in [-0.39, 0.29) is 96.3 Å². The molecule has 2 saturated heterocycles. The molecule has 6 aromatic carbocycles. The van der Waals surface area contributed by atoms with E-state index < -0.39 is 59.4 Å². The standard InChI is InChI=1S/C68H73N9O13/c1-42-58(69)61(82)57-50(41-89-65(70)85)68(88-3)62-53(39-76(68)59(57)60(42)81)77(62)66(86)90-40-44-26-30-48(31-27-44)72-63(83)51(74-64(84)52(38-43-18-8-4-9-19-43)73-54(78)25-14-7-17-37-75-55(79)34-35-56(75)80)24-15-16-36-71-67(45-20-10-5-11-21-45,46-22-12-6-13-23-46)47-28-32-49(87-2)33-29-47/h4-6,8-13,18-23,26-35,41,51-53,62,71,81-82H,7,14-17,24-25,36-40,69H2,1-3H3,(H2,70,85)(H,72,83)(H,73,78)(H,74,84)/t51?,52-,53?,62?,68?,77?/m0/s1. The number of ether oxygens (including phenoxy) is 4. The summed E-state index contributed by atoms with van der Waals surface area (Å²) in [7, 11) is 3.01. The lowest BCUT2D eigenvalue weighted by atomic mass is 9.77. The predicted molar refractivity (Wildman–Crippen MR) is 335 cm³/mol. The third-order valence-corrected chi connectivity index (χ3v) is 17.1. The number of nitrogen functional groups attached to an aromatic ring is 1. The lowest BCUT2D eigenvalue weighted by molar-refractivity contribution is -0.137. The normalized spacial score (nSPS) is 18.1. The number of nitrogens with zero attached hydrogens (tertiary/aromatic N) is 3. The average molecular weight is 1220 g/mol. The van der Waals surface area contributed by atoms with E-state index in [1.807, 2.05) is 91.0 Å². The number of imide groups is 1. The first-order chi connectivity index (χ1) is 43.5. The third kappa shape index (κ3) is 12.9. The number of hydrogen-bond donors (Lipinski definition) is 8. The maximum atomic E-state index is 14.6. The van der Waals surface area contributed by atoms with Crippen molar-refractivity contribution in [2.45, 2.75) is 100 Å². The van der Waals surface area contributed by atoms with E-state index in [1.54, 1.807) is 43.2 Å². The molecule has 4 aliphatic heterocycles. The summed E-state index contributed by atoms with van der Waals surface area (Å²) in [5.41, 5.74) is 14.4. The van der Waals surface area contributed by atoms with Crippen LogP contribution >= 0.6 is 0 Å². The monoisotopic (exact) mass is 1220 g/mol. The molecular formula is C68H73N9O13. The number of piperazine rings is 1. The van der Waals surface area contributed by atoms with Crippen molar-refractivity contribution < 1.29 is 62.7 Å². The van der Waals surface area contributed by atoms with Gasteiger partial charge < -0.3 is 61.5 Å². The number of anilines is 3. The number of nitrogens with one attached hydrogen (secondary N) is 4. The highest BCUT2D eigenvalue weighted by molar-refractivity contribution is 6.13. The zero-order valence-corrected chi connectivity index (χ0v) is 50.2. The van der Waals surface area contributed by atoms with Gasteiger partial charge in [-0.15, -0.1) is 0 Å². The number of hydrogen-bond acceptors (Lipinski definition) is 16. The molecule has 0 radical (unpaired) electrons. The van der Waals surface area contributed by atoms with Gasteiger partial charge in [0.05, 0.1) is 41.2 Å². The lowest BCUT2D eigenvalue weighted by Crippen LogP contribution is -2.53. The van der Waals surface area contributed by atoms with Gasteiger partial charge in [0.2, 0.25) is 17.7 Å². The van der Waals surface area contributed by atoms with Gasteiger partial charge in [0, 0.05) is 56.4 Å². The van der Waals surface area contributed by atoms with Crippen LogP contribution in [0.5, 0.6) is 17.2 Å². The number of phenolic OH excluding ortho intramolecular Hbond substituents is 2. The number of amides is 7. The summed E-state index contributed by atoms with van der Waals surface area (Å²) in [6.07, 6.45) is 4.63. The Bertz CT molecular complexity index is 3640. The fourth-order valence-electron chi connectivity index (χ4n) is 12.5. The number of carbonyl (C=O) groups is 7. The molecular weight excluding hydrogens is 1150 g/mol. The number of phenols is 2. The first-order valence-corrected chi connectivity index (χ1v) is 29.9. The molecule has 10 N–H and O–H groups in total. The molecule has 4 heterocycles. The van der Waals surface area contributed by atoms with Gasteiger partial charge >= 0.3 is 12.2 Å². The van der Waals surface area contributed by atoms with Crippen molar-refractivity contribution >= 4 is 64.4 Å². The summed E-state index contributed by atoms with van der Waals surface area (Å²) in [4.78, 5) is 96.9.